The molecule has 0 heterocycles. The van der Waals surface area contributed by atoms with Crippen LogP contribution in [0.2, 0.25) is 5.02 Å². The van der Waals surface area contributed by atoms with E-state index in [-0.39, 0.29) is 11.1 Å². The molecule has 0 fully saturated rings. The maximum Gasteiger partial charge on any atom is 0.142 e. The second-order valence-corrected chi connectivity index (χ2v) is 5.73. The van der Waals surface area contributed by atoms with E-state index in [1.54, 1.807) is 12.1 Å². The summed E-state index contributed by atoms with van der Waals surface area (Å²) in [6, 6.07) is 6.57. The summed E-state index contributed by atoms with van der Waals surface area (Å²) in [6.07, 6.45) is 0. The number of nitrogens with two attached hydrogens (primary N) is 1. The van der Waals surface area contributed by atoms with Crippen LogP contribution >= 0.6 is 11.6 Å². The van der Waals surface area contributed by atoms with E-state index in [1.807, 2.05) is 0 Å². The highest BCUT2D eigenvalue weighted by Gasteiger charge is 2.18. The summed E-state index contributed by atoms with van der Waals surface area (Å²) in [6.45, 7) is 8.26. The van der Waals surface area contributed by atoms with Gasteiger partial charge >= 0.3 is 0 Å². The second-order valence-electron chi connectivity index (χ2n) is 5.33. The third-order valence-electron chi connectivity index (χ3n) is 4.04. The van der Waals surface area contributed by atoms with E-state index in [4.69, 9.17) is 17.3 Å². The first kappa shape index (κ1) is 15.0. The molecule has 0 bridgehead atoms. The van der Waals surface area contributed by atoms with Crippen LogP contribution in [0.1, 0.15) is 39.4 Å². The van der Waals surface area contributed by atoms with E-state index >= 15 is 0 Å². The van der Waals surface area contributed by atoms with Crippen molar-refractivity contribution in [3.8, 4) is 0 Å². The number of aryl methyl sites for hydroxylation is 2. The molecule has 2 aromatic rings. The Bertz CT molecular complexity index is 638. The van der Waals surface area contributed by atoms with Crippen LogP contribution in [0.25, 0.3) is 0 Å². The Morgan fingerprint density at radius 1 is 1.00 bits per heavy atom. The van der Waals surface area contributed by atoms with Crippen LogP contribution in [0.5, 0.6) is 0 Å². The van der Waals surface area contributed by atoms with E-state index < -0.39 is 5.82 Å². The molecule has 2 N–H and O–H groups in total. The Balaban J connectivity index is 2.58. The van der Waals surface area contributed by atoms with Crippen molar-refractivity contribution in [2.24, 2.45) is 5.73 Å². The molecule has 0 aliphatic carbocycles. The van der Waals surface area contributed by atoms with Gasteiger partial charge in [0.25, 0.3) is 0 Å². The summed E-state index contributed by atoms with van der Waals surface area (Å²) in [5.41, 5.74) is 12.9. The van der Waals surface area contributed by atoms with Gasteiger partial charge in [-0.05, 0) is 73.2 Å². The van der Waals surface area contributed by atoms with Gasteiger partial charge in [0, 0.05) is 0 Å². The molecule has 1 unspecified atom stereocenters. The Kier molecular flexibility index (Phi) is 4.17. The topological polar surface area (TPSA) is 26.0 Å². The zero-order valence-electron chi connectivity index (χ0n) is 12.2. The lowest BCUT2D eigenvalue weighted by Gasteiger charge is -2.21. The first-order chi connectivity index (χ1) is 9.32. The summed E-state index contributed by atoms with van der Waals surface area (Å²) < 4.78 is 13.6. The van der Waals surface area contributed by atoms with Crippen molar-refractivity contribution >= 4 is 11.6 Å². The molecule has 1 nitrogen and oxygen atoms in total. The van der Waals surface area contributed by atoms with Crippen molar-refractivity contribution in [3.05, 3.63) is 68.5 Å². The van der Waals surface area contributed by atoms with E-state index in [9.17, 15) is 4.39 Å². The van der Waals surface area contributed by atoms with Gasteiger partial charge in [0.2, 0.25) is 0 Å². The highest BCUT2D eigenvalue weighted by atomic mass is 35.5. The van der Waals surface area contributed by atoms with Crippen molar-refractivity contribution in [2.75, 3.05) is 0 Å². The molecule has 0 aromatic heterocycles. The minimum Gasteiger partial charge on any atom is -0.320 e. The number of hydrogen-bond acceptors (Lipinski definition) is 1. The van der Waals surface area contributed by atoms with E-state index in [0.29, 0.717) is 0 Å². The number of rotatable bonds is 2. The van der Waals surface area contributed by atoms with Gasteiger partial charge in [0.05, 0.1) is 11.1 Å². The summed E-state index contributed by atoms with van der Waals surface area (Å²) in [4.78, 5) is 0. The van der Waals surface area contributed by atoms with Crippen molar-refractivity contribution in [3.63, 3.8) is 0 Å². The molecule has 0 saturated heterocycles. The van der Waals surface area contributed by atoms with E-state index in [2.05, 4.69) is 33.8 Å². The van der Waals surface area contributed by atoms with Gasteiger partial charge in [0.15, 0.2) is 0 Å². The van der Waals surface area contributed by atoms with E-state index in [1.165, 1.54) is 17.2 Å². The molecule has 0 aliphatic heterocycles. The lowest BCUT2D eigenvalue weighted by Crippen LogP contribution is -2.16. The maximum absolute atomic E-state index is 13.6. The lowest BCUT2D eigenvalue weighted by atomic mass is 9.87. The third-order valence-corrected chi connectivity index (χ3v) is 4.34. The second kappa shape index (κ2) is 5.55. The Morgan fingerprint density at radius 2 is 1.55 bits per heavy atom. The minimum absolute atomic E-state index is 0.120. The number of halogens is 2. The van der Waals surface area contributed by atoms with Gasteiger partial charge in [-0.25, -0.2) is 4.39 Å². The third kappa shape index (κ3) is 2.58. The largest absolute Gasteiger partial charge is 0.320 e. The average molecular weight is 292 g/mol. The molecule has 2 aromatic carbocycles. The Morgan fingerprint density at radius 3 is 2.05 bits per heavy atom. The molecule has 0 aliphatic rings. The molecule has 106 valence electrons. The van der Waals surface area contributed by atoms with Crippen LogP contribution in [0, 0.1) is 33.5 Å². The zero-order valence-corrected chi connectivity index (χ0v) is 13.0. The van der Waals surface area contributed by atoms with Gasteiger partial charge in [-0.3, -0.25) is 0 Å². The molecule has 3 heteroatoms. The van der Waals surface area contributed by atoms with Crippen LogP contribution in [0.15, 0.2) is 24.3 Å². The summed E-state index contributed by atoms with van der Waals surface area (Å²) >= 11 is 5.73. The molecular weight excluding hydrogens is 273 g/mol. The number of hydrogen-bond donors (Lipinski definition) is 1. The highest BCUT2D eigenvalue weighted by Crippen LogP contribution is 2.31. The first-order valence-electron chi connectivity index (χ1n) is 6.60. The van der Waals surface area contributed by atoms with Gasteiger partial charge in [-0.2, -0.15) is 0 Å². The summed E-state index contributed by atoms with van der Waals surface area (Å²) in [7, 11) is 0. The zero-order chi connectivity index (χ0) is 15.0. The van der Waals surface area contributed by atoms with Crippen LogP contribution in [-0.4, -0.2) is 0 Å². The van der Waals surface area contributed by atoms with Crippen LogP contribution in [-0.2, 0) is 0 Å². The van der Waals surface area contributed by atoms with Gasteiger partial charge in [0.1, 0.15) is 5.82 Å². The van der Waals surface area contributed by atoms with Crippen molar-refractivity contribution in [1.82, 2.24) is 0 Å². The molecule has 2 rings (SSSR count). The van der Waals surface area contributed by atoms with Gasteiger partial charge in [-0.15, -0.1) is 0 Å². The Labute approximate surface area is 124 Å². The normalized spacial score (nSPS) is 12.6. The number of benzene rings is 2. The predicted octanol–water partition coefficient (Wildman–Crippen LogP) is 4.76. The van der Waals surface area contributed by atoms with Crippen LogP contribution < -0.4 is 5.73 Å². The molecule has 0 amide bonds. The highest BCUT2D eigenvalue weighted by molar-refractivity contribution is 6.30. The van der Waals surface area contributed by atoms with Gasteiger partial charge in [-0.1, -0.05) is 23.7 Å². The predicted molar refractivity (Wildman–Crippen MR) is 82.8 cm³/mol. The lowest BCUT2D eigenvalue weighted by molar-refractivity contribution is 0.624. The quantitative estimate of drug-likeness (QED) is 0.848. The fourth-order valence-electron chi connectivity index (χ4n) is 2.59. The average Bonchev–Trinajstić information content (AvgIpc) is 2.40. The standard InChI is InChI=1S/C17H19ClFN/c1-9-7-10(2)12(4)16(11(9)3)17(20)13-5-6-14(18)15(19)8-13/h5-8,17H,20H2,1-4H3. The molecule has 0 spiro atoms. The van der Waals surface area contributed by atoms with Crippen molar-refractivity contribution in [1.29, 1.82) is 0 Å². The van der Waals surface area contributed by atoms with Crippen LogP contribution in [0.4, 0.5) is 4.39 Å². The Hall–Kier alpha value is -1.38. The smallest absolute Gasteiger partial charge is 0.142 e. The molecule has 20 heavy (non-hydrogen) atoms. The van der Waals surface area contributed by atoms with E-state index in [0.717, 1.165) is 22.3 Å². The fraction of sp³-hybridized carbons (Fsp3) is 0.294. The molecule has 0 saturated carbocycles. The van der Waals surface area contributed by atoms with Crippen LogP contribution in [0.3, 0.4) is 0 Å². The summed E-state index contributed by atoms with van der Waals surface area (Å²) in [5.74, 6) is -0.431. The minimum atomic E-state index is -0.431. The molecule has 1 atom stereocenters. The first-order valence-corrected chi connectivity index (χ1v) is 6.98. The van der Waals surface area contributed by atoms with Crippen molar-refractivity contribution < 1.29 is 4.39 Å². The maximum atomic E-state index is 13.6. The monoisotopic (exact) mass is 291 g/mol. The molecular formula is C17H19ClFN. The van der Waals surface area contributed by atoms with Crippen molar-refractivity contribution in [2.45, 2.75) is 33.7 Å². The fourth-order valence-corrected chi connectivity index (χ4v) is 2.70. The SMILES string of the molecule is Cc1cc(C)c(C)c(C(N)c2ccc(Cl)c(F)c2)c1C. The molecule has 0 radical (unpaired) electrons. The van der Waals surface area contributed by atoms with Gasteiger partial charge < -0.3 is 5.73 Å². The summed E-state index contributed by atoms with van der Waals surface area (Å²) in [5, 5.41) is 0.120.